The number of carbonyl (C=O) groups excluding carboxylic acids is 2. The molecule has 11 heteroatoms. The first kappa shape index (κ1) is 22.1. The molecule has 0 atom stereocenters. The first-order valence-electron chi connectivity index (χ1n) is 8.12. The molecule has 2 rings (SSSR count). The third kappa shape index (κ3) is 8.58. The Bertz CT molecular complexity index is 863. The number of halogens is 3. The van der Waals surface area contributed by atoms with E-state index in [4.69, 9.17) is 17.0 Å². The number of benzene rings is 2. The molecule has 0 aliphatic carbocycles. The van der Waals surface area contributed by atoms with Crippen molar-refractivity contribution in [1.29, 1.82) is 0 Å². The largest absolute Gasteiger partial charge is 0.573 e. The minimum atomic E-state index is -4.82. The molecule has 0 heterocycles. The number of rotatable bonds is 7. The molecule has 0 unspecified atom stereocenters. The molecule has 7 nitrogen and oxygen atoms in total. The number of esters is 1. The lowest BCUT2D eigenvalue weighted by Gasteiger charge is -2.12. The number of amides is 1. The number of ether oxygens (including phenoxy) is 2. The second kappa shape index (κ2) is 10.4. The number of hydrogen-bond acceptors (Lipinski definition) is 6. The van der Waals surface area contributed by atoms with Gasteiger partial charge >= 0.3 is 12.3 Å². The van der Waals surface area contributed by atoms with E-state index in [0.717, 1.165) is 12.1 Å². The average Bonchev–Trinajstić information content (AvgIpc) is 2.64. The van der Waals surface area contributed by atoms with Crippen molar-refractivity contribution in [2.45, 2.75) is 12.8 Å². The van der Waals surface area contributed by atoms with Crippen LogP contribution in [-0.4, -0.2) is 30.1 Å². The van der Waals surface area contributed by atoms with Gasteiger partial charge in [-0.1, -0.05) is 30.3 Å². The van der Waals surface area contributed by atoms with Gasteiger partial charge in [0, 0.05) is 0 Å². The van der Waals surface area contributed by atoms with E-state index in [2.05, 4.69) is 20.9 Å². The van der Waals surface area contributed by atoms with E-state index in [1.807, 2.05) is 0 Å². The molecule has 0 bridgehead atoms. The van der Waals surface area contributed by atoms with Crippen LogP contribution in [0.5, 0.6) is 5.75 Å². The normalized spacial score (nSPS) is 10.7. The van der Waals surface area contributed by atoms with E-state index in [9.17, 15) is 22.8 Å². The average molecular weight is 427 g/mol. The summed E-state index contributed by atoms with van der Waals surface area (Å²) in [7, 11) is 0. The molecule has 3 N–H and O–H groups in total. The maximum Gasteiger partial charge on any atom is 0.573 e. The Morgan fingerprint density at radius 3 is 2.45 bits per heavy atom. The van der Waals surface area contributed by atoms with Crippen LogP contribution in [0.15, 0.2) is 54.6 Å². The second-order valence-corrected chi connectivity index (χ2v) is 5.90. The number of hydrazine groups is 1. The van der Waals surface area contributed by atoms with Crippen LogP contribution in [0.4, 0.5) is 13.2 Å². The van der Waals surface area contributed by atoms with Crippen LogP contribution in [-0.2, 0) is 16.0 Å². The summed E-state index contributed by atoms with van der Waals surface area (Å²) < 4.78 is 45.5. The predicted molar refractivity (Wildman–Crippen MR) is 101 cm³/mol. The first-order valence-corrected chi connectivity index (χ1v) is 8.53. The van der Waals surface area contributed by atoms with Crippen molar-refractivity contribution in [3.63, 3.8) is 0 Å². The topological polar surface area (TPSA) is 88.7 Å². The summed E-state index contributed by atoms with van der Waals surface area (Å²) in [5.41, 5.74) is 5.62. The van der Waals surface area contributed by atoms with Gasteiger partial charge in [-0.3, -0.25) is 10.2 Å². The standard InChI is InChI=1S/C18H16F3N3O4S/c19-18(20,21)28-14-8-4-5-12(9-14)10-15(25)23-17(29)24-22-11-27-16(26)13-6-2-1-3-7-13/h1-9,22H,10-11H2,(H2,23,24,25,29). The van der Waals surface area contributed by atoms with Crippen molar-refractivity contribution >= 4 is 29.2 Å². The highest BCUT2D eigenvalue weighted by atomic mass is 32.1. The molecule has 0 aliphatic heterocycles. The molecule has 0 aromatic heterocycles. The quantitative estimate of drug-likeness (QED) is 0.206. The van der Waals surface area contributed by atoms with Gasteiger partial charge in [0.1, 0.15) is 5.75 Å². The monoisotopic (exact) mass is 427 g/mol. The summed E-state index contributed by atoms with van der Waals surface area (Å²) in [5, 5.41) is 2.23. The number of nitrogens with one attached hydrogen (secondary N) is 3. The highest BCUT2D eigenvalue weighted by Crippen LogP contribution is 2.23. The van der Waals surface area contributed by atoms with Crippen LogP contribution in [0.3, 0.4) is 0 Å². The first-order chi connectivity index (χ1) is 13.7. The zero-order valence-corrected chi connectivity index (χ0v) is 15.6. The molecule has 29 heavy (non-hydrogen) atoms. The van der Waals surface area contributed by atoms with Crippen molar-refractivity contribution in [1.82, 2.24) is 16.2 Å². The summed E-state index contributed by atoms with van der Waals surface area (Å²) in [4.78, 5) is 23.6. The Kier molecular flexibility index (Phi) is 7.92. The number of hydrogen-bond donors (Lipinski definition) is 3. The summed E-state index contributed by atoms with van der Waals surface area (Å²) in [5.74, 6) is -1.53. The summed E-state index contributed by atoms with van der Waals surface area (Å²) in [6.45, 7) is -0.222. The Morgan fingerprint density at radius 1 is 1.03 bits per heavy atom. The molecule has 154 valence electrons. The van der Waals surface area contributed by atoms with Crippen LogP contribution < -0.4 is 20.9 Å². The van der Waals surface area contributed by atoms with Crippen molar-refractivity contribution in [2.24, 2.45) is 0 Å². The number of alkyl halides is 3. The Morgan fingerprint density at radius 2 is 1.76 bits per heavy atom. The second-order valence-electron chi connectivity index (χ2n) is 5.49. The van der Waals surface area contributed by atoms with Crippen LogP contribution >= 0.6 is 12.2 Å². The van der Waals surface area contributed by atoms with Gasteiger partial charge in [-0.15, -0.1) is 13.2 Å². The van der Waals surface area contributed by atoms with E-state index >= 15 is 0 Å². The Balaban J connectivity index is 1.70. The maximum atomic E-state index is 12.2. The van der Waals surface area contributed by atoms with Gasteiger partial charge in [0.25, 0.3) is 0 Å². The molecule has 0 radical (unpaired) electrons. The summed E-state index contributed by atoms with van der Waals surface area (Å²) in [6, 6.07) is 13.4. The lowest BCUT2D eigenvalue weighted by atomic mass is 10.1. The smallest absolute Gasteiger partial charge is 0.444 e. The van der Waals surface area contributed by atoms with E-state index in [-0.39, 0.29) is 18.3 Å². The zero-order valence-electron chi connectivity index (χ0n) is 14.8. The summed E-state index contributed by atoms with van der Waals surface area (Å²) in [6.07, 6.45) is -5.04. The third-order valence-corrected chi connectivity index (χ3v) is 3.44. The fourth-order valence-electron chi connectivity index (χ4n) is 2.12. The van der Waals surface area contributed by atoms with Gasteiger partial charge in [0.15, 0.2) is 11.8 Å². The number of carbonyl (C=O) groups is 2. The van der Waals surface area contributed by atoms with Gasteiger partial charge in [0.05, 0.1) is 12.0 Å². The van der Waals surface area contributed by atoms with Crippen LogP contribution in [0, 0.1) is 0 Å². The van der Waals surface area contributed by atoms with Crippen LogP contribution in [0.25, 0.3) is 0 Å². The molecular weight excluding hydrogens is 411 g/mol. The van der Waals surface area contributed by atoms with Crippen molar-refractivity contribution < 1.29 is 32.2 Å². The maximum absolute atomic E-state index is 12.2. The molecule has 0 saturated carbocycles. The van der Waals surface area contributed by atoms with Crippen molar-refractivity contribution in [2.75, 3.05) is 6.73 Å². The molecule has 0 fully saturated rings. The molecular formula is C18H16F3N3O4S. The van der Waals surface area contributed by atoms with Crippen molar-refractivity contribution in [3.05, 3.63) is 65.7 Å². The molecule has 2 aromatic carbocycles. The number of thiocarbonyl (C=S) groups is 1. The van der Waals surface area contributed by atoms with Gasteiger partial charge in [-0.05, 0) is 42.0 Å². The van der Waals surface area contributed by atoms with E-state index in [0.29, 0.717) is 11.1 Å². The molecule has 0 saturated heterocycles. The minimum Gasteiger partial charge on any atom is -0.444 e. The Hall–Kier alpha value is -3.18. The predicted octanol–water partition coefficient (Wildman–Crippen LogP) is 2.44. The van der Waals surface area contributed by atoms with Gasteiger partial charge < -0.3 is 14.8 Å². The highest BCUT2D eigenvalue weighted by Gasteiger charge is 2.31. The highest BCUT2D eigenvalue weighted by molar-refractivity contribution is 7.80. The molecule has 0 spiro atoms. The molecule has 1 amide bonds. The van der Waals surface area contributed by atoms with E-state index in [1.165, 1.54) is 12.1 Å². The van der Waals surface area contributed by atoms with Gasteiger partial charge in [-0.2, -0.15) is 5.43 Å². The Labute approximate surface area is 169 Å². The lowest BCUT2D eigenvalue weighted by Crippen LogP contribution is -2.47. The summed E-state index contributed by atoms with van der Waals surface area (Å²) >= 11 is 4.90. The van der Waals surface area contributed by atoms with E-state index in [1.54, 1.807) is 30.3 Å². The fraction of sp³-hybridized carbons (Fsp3) is 0.167. The minimum absolute atomic E-state index is 0.103. The van der Waals surface area contributed by atoms with E-state index < -0.39 is 24.0 Å². The third-order valence-electron chi connectivity index (χ3n) is 3.24. The van der Waals surface area contributed by atoms with Crippen molar-refractivity contribution in [3.8, 4) is 5.75 Å². The molecule has 2 aromatic rings. The van der Waals surface area contributed by atoms with Gasteiger partial charge in [-0.25, -0.2) is 4.79 Å². The lowest BCUT2D eigenvalue weighted by molar-refractivity contribution is -0.274. The van der Waals surface area contributed by atoms with Crippen LogP contribution in [0.1, 0.15) is 15.9 Å². The zero-order chi connectivity index (χ0) is 21.3. The molecule has 0 aliphatic rings. The van der Waals surface area contributed by atoms with Gasteiger partial charge in [0.2, 0.25) is 5.91 Å². The SMILES string of the molecule is O=C(Cc1cccc(OC(F)(F)F)c1)NC(=S)NNCOC(=O)c1ccccc1. The van der Waals surface area contributed by atoms with Crippen LogP contribution in [0.2, 0.25) is 0 Å². The fourth-order valence-corrected chi connectivity index (χ4v) is 2.30.